The molecule has 121 valence electrons. The Kier molecular flexibility index (Phi) is 9.79. The van der Waals surface area contributed by atoms with Crippen LogP contribution in [0.1, 0.15) is 11.4 Å². The zero-order chi connectivity index (χ0) is 16.2. The van der Waals surface area contributed by atoms with Crippen LogP contribution in [0.2, 0.25) is 0 Å². The average Bonchev–Trinajstić information content (AvgIpc) is 2.49. The van der Waals surface area contributed by atoms with Crippen LogP contribution >= 0.6 is 20.2 Å². The van der Waals surface area contributed by atoms with E-state index in [2.05, 4.69) is 53.2 Å². The van der Waals surface area contributed by atoms with Gasteiger partial charge in [0.25, 0.3) is 0 Å². The molecular weight excluding hydrogens is 391 g/mol. The minimum atomic E-state index is 0.426. The summed E-state index contributed by atoms with van der Waals surface area (Å²) in [5, 5.41) is 7.39. The van der Waals surface area contributed by atoms with Crippen molar-refractivity contribution in [2.45, 2.75) is 6.92 Å². The molecule has 4 nitrogen and oxygen atoms in total. The molecule has 1 N–H and O–H groups in total. The zero-order valence-corrected chi connectivity index (χ0v) is 14.9. The quantitative estimate of drug-likeness (QED) is 0.210. The maximum absolute atomic E-state index is 4.67. The van der Waals surface area contributed by atoms with E-state index in [0.29, 0.717) is 5.11 Å². The summed E-state index contributed by atoms with van der Waals surface area (Å²) in [5.74, 6) is 0. The molecule has 0 radical (unpaired) electrons. The molecule has 2 rings (SSSR count). The first-order chi connectivity index (χ1) is 10.7. The Balaban J connectivity index is 0.000000745. The van der Waals surface area contributed by atoms with Crippen molar-refractivity contribution in [3.05, 3.63) is 65.3 Å². The van der Waals surface area contributed by atoms with Gasteiger partial charge < -0.3 is 15.8 Å². The molecule has 0 aliphatic heterocycles. The van der Waals surface area contributed by atoms with Crippen LogP contribution in [0.15, 0.2) is 53.6 Å². The minimum absolute atomic E-state index is 0.426. The van der Waals surface area contributed by atoms with E-state index in [0.717, 1.165) is 30.2 Å². The zero-order valence-electron chi connectivity index (χ0n) is 11.5. The summed E-state index contributed by atoms with van der Waals surface area (Å²) >= 11 is 4.97. The summed E-state index contributed by atoms with van der Waals surface area (Å²) in [6, 6.07) is 15.4. The van der Waals surface area contributed by atoms with E-state index in [9.17, 15) is 0 Å². The number of nitrogens with zero attached hydrogens (tertiary/aromatic N) is 3. The van der Waals surface area contributed by atoms with Crippen molar-refractivity contribution in [1.82, 2.24) is 4.98 Å². The SMILES string of the molecule is Cc1cccc(C=N[N-]C(=[SH+])Nc2ccccc2)n1.[Cl][Cu][Cl]. The predicted molar refractivity (Wildman–Crippen MR) is 95.5 cm³/mol. The first-order valence-electron chi connectivity index (χ1n) is 6.02. The molecule has 0 fully saturated rings. The van der Waals surface area contributed by atoms with Crippen molar-refractivity contribution in [3.8, 4) is 0 Å². The van der Waals surface area contributed by atoms with Gasteiger partial charge in [-0.25, -0.2) is 0 Å². The first kappa shape index (κ1) is 18.9. The molecule has 0 atom stereocenters. The number of nitrogens with one attached hydrogen (secondary N) is 1. The van der Waals surface area contributed by atoms with E-state index in [1.807, 2.05) is 55.5 Å². The van der Waals surface area contributed by atoms with Gasteiger partial charge in [0.2, 0.25) is 5.11 Å². The van der Waals surface area contributed by atoms with Crippen molar-refractivity contribution >= 4 is 49.4 Å². The summed E-state index contributed by atoms with van der Waals surface area (Å²) in [6.45, 7) is 1.93. The molecule has 0 spiro atoms. The number of benzene rings is 1. The average molecular weight is 405 g/mol. The summed E-state index contributed by atoms with van der Waals surface area (Å²) in [7, 11) is 9.34. The second kappa shape index (κ2) is 11.4. The van der Waals surface area contributed by atoms with Gasteiger partial charge >= 0.3 is 33.3 Å². The van der Waals surface area contributed by atoms with Crippen molar-refractivity contribution < 1.29 is 13.1 Å². The number of rotatable bonds is 3. The molecule has 0 saturated heterocycles. The van der Waals surface area contributed by atoms with Crippen molar-refractivity contribution in [2.75, 3.05) is 5.32 Å². The van der Waals surface area contributed by atoms with Gasteiger partial charge in [-0.05, 0) is 31.2 Å². The first-order valence-corrected chi connectivity index (χ1v) is 9.06. The molecule has 0 aliphatic carbocycles. The summed E-state index contributed by atoms with van der Waals surface area (Å²) < 4.78 is 0. The molecule has 1 heterocycles. The normalized spacial score (nSPS) is 9.95. The molecule has 1 aromatic carbocycles. The standard InChI is InChI=1S/C14H14N4S.2ClH.Cu/c1-11-6-5-9-13(16-11)10-15-18-14(19)17-12-7-3-2-4-8-12;;;/h2-10H,1H3,(H2,16,17,18,19);2*1H;/q;;;+2/p-2. The fraction of sp³-hybridized carbons (Fsp3) is 0.0714. The summed E-state index contributed by atoms with van der Waals surface area (Å²) in [6.07, 6.45) is 1.59. The Morgan fingerprint density at radius 2 is 1.91 bits per heavy atom. The molecular formula is C14H14Cl2CuN4S. The Morgan fingerprint density at radius 1 is 1.23 bits per heavy atom. The van der Waals surface area contributed by atoms with Gasteiger partial charge in [-0.1, -0.05) is 24.3 Å². The third-order valence-electron chi connectivity index (χ3n) is 2.28. The van der Waals surface area contributed by atoms with Crippen LogP contribution in [0, 0.1) is 6.92 Å². The van der Waals surface area contributed by atoms with E-state index in [4.69, 9.17) is 0 Å². The van der Waals surface area contributed by atoms with Crippen LogP contribution in [0.3, 0.4) is 0 Å². The second-order valence-electron chi connectivity index (χ2n) is 3.91. The van der Waals surface area contributed by atoms with Gasteiger partial charge in [-0.3, -0.25) is 4.98 Å². The van der Waals surface area contributed by atoms with Crippen LogP contribution < -0.4 is 5.32 Å². The molecule has 0 aliphatic rings. The maximum atomic E-state index is 4.67. The number of hydrogen-bond acceptors (Lipinski definition) is 2. The number of aromatic nitrogens is 1. The van der Waals surface area contributed by atoms with Crippen LogP contribution in [0.4, 0.5) is 5.69 Å². The van der Waals surface area contributed by atoms with Gasteiger partial charge in [0, 0.05) is 17.6 Å². The Labute approximate surface area is 149 Å². The van der Waals surface area contributed by atoms with Crippen LogP contribution in [0.25, 0.3) is 5.43 Å². The van der Waals surface area contributed by atoms with Gasteiger partial charge in [0.05, 0.1) is 5.69 Å². The predicted octanol–water partition coefficient (Wildman–Crippen LogP) is 3.95. The van der Waals surface area contributed by atoms with Crippen molar-refractivity contribution in [2.24, 2.45) is 5.10 Å². The fourth-order valence-electron chi connectivity index (χ4n) is 1.45. The number of hydrogen-bond donors (Lipinski definition) is 1. The topological polar surface area (TPSA) is 51.4 Å². The van der Waals surface area contributed by atoms with E-state index in [1.165, 1.54) is 0 Å². The molecule has 0 unspecified atom stereocenters. The van der Waals surface area contributed by atoms with Crippen molar-refractivity contribution in [1.29, 1.82) is 0 Å². The number of thiol groups is 1. The molecule has 0 bridgehead atoms. The number of para-hydroxylation sites is 1. The van der Waals surface area contributed by atoms with Gasteiger partial charge in [0.15, 0.2) is 12.2 Å². The third-order valence-corrected chi connectivity index (χ3v) is 2.48. The van der Waals surface area contributed by atoms with E-state index in [1.54, 1.807) is 6.21 Å². The number of pyridine rings is 1. The van der Waals surface area contributed by atoms with Gasteiger partial charge in [-0.2, -0.15) is 0 Å². The third kappa shape index (κ3) is 8.32. The monoisotopic (exact) mass is 403 g/mol. The number of aryl methyl sites for hydroxylation is 1. The molecule has 2 aromatic rings. The molecule has 0 amide bonds. The molecule has 8 heteroatoms. The van der Waals surface area contributed by atoms with Crippen molar-refractivity contribution in [3.63, 3.8) is 0 Å². The number of anilines is 1. The summed E-state index contributed by atoms with van der Waals surface area (Å²) in [5.41, 5.74) is 6.57. The number of halogens is 2. The second-order valence-corrected chi connectivity index (χ2v) is 5.88. The van der Waals surface area contributed by atoms with Crippen LogP contribution in [-0.2, 0) is 25.4 Å². The Bertz CT molecular complexity index is 611. The van der Waals surface area contributed by atoms with Gasteiger partial charge in [0.1, 0.15) is 0 Å². The van der Waals surface area contributed by atoms with Gasteiger partial charge in [-0.15, -0.1) is 0 Å². The molecule has 22 heavy (non-hydrogen) atoms. The fourth-order valence-corrected chi connectivity index (χ4v) is 1.64. The van der Waals surface area contributed by atoms with E-state index in [-0.39, 0.29) is 0 Å². The van der Waals surface area contributed by atoms with Crippen LogP contribution in [0.5, 0.6) is 0 Å². The van der Waals surface area contributed by atoms with E-state index >= 15 is 0 Å². The molecule has 1 aromatic heterocycles. The van der Waals surface area contributed by atoms with Crippen LogP contribution in [-0.4, -0.2) is 16.3 Å². The van der Waals surface area contributed by atoms with E-state index < -0.39 is 0 Å². The Hall–Kier alpha value is -1.17. The summed E-state index contributed by atoms with van der Waals surface area (Å²) in [4.78, 5) is 4.29. The molecule has 0 saturated carbocycles. The Morgan fingerprint density at radius 3 is 2.55 bits per heavy atom.